The Bertz CT molecular complexity index is 517. The first kappa shape index (κ1) is 16.9. The molecule has 1 rings (SSSR count). The summed E-state index contributed by atoms with van der Waals surface area (Å²) in [6.45, 7) is 8.61. The van der Waals surface area contributed by atoms with Crippen molar-refractivity contribution in [2.24, 2.45) is 5.92 Å². The molecule has 0 aliphatic carbocycles. The van der Waals surface area contributed by atoms with Gasteiger partial charge in [-0.05, 0) is 25.8 Å². The smallest absolute Gasteiger partial charge is 0.270 e. The van der Waals surface area contributed by atoms with Crippen LogP contribution >= 0.6 is 0 Å². The van der Waals surface area contributed by atoms with Crippen LogP contribution in [0.25, 0.3) is 0 Å². The average Bonchev–Trinajstić information content (AvgIpc) is 2.46. The molecule has 0 aromatic heterocycles. The van der Waals surface area contributed by atoms with E-state index >= 15 is 0 Å². The third-order valence-electron chi connectivity index (χ3n) is 3.68. The van der Waals surface area contributed by atoms with Crippen LogP contribution in [0.2, 0.25) is 0 Å². The summed E-state index contributed by atoms with van der Waals surface area (Å²) < 4.78 is 0. The molecule has 0 heterocycles. The molecule has 1 amide bonds. The van der Waals surface area contributed by atoms with Crippen LogP contribution in [0.1, 0.15) is 44.5 Å². The number of anilines is 1. The minimum Gasteiger partial charge on any atom is -0.385 e. The summed E-state index contributed by atoms with van der Waals surface area (Å²) in [5.41, 5.74) is 0.830. The van der Waals surface area contributed by atoms with E-state index < -0.39 is 4.92 Å². The van der Waals surface area contributed by atoms with Gasteiger partial charge in [-0.1, -0.05) is 20.3 Å². The highest BCUT2D eigenvalue weighted by molar-refractivity contribution is 6.00. The fourth-order valence-electron chi connectivity index (χ4n) is 1.96. The summed E-state index contributed by atoms with van der Waals surface area (Å²) in [4.78, 5) is 22.8. The van der Waals surface area contributed by atoms with Crippen molar-refractivity contribution in [3.63, 3.8) is 0 Å². The number of nitro benzene ring substituents is 1. The lowest BCUT2D eigenvalue weighted by Crippen LogP contribution is -2.37. The van der Waals surface area contributed by atoms with Gasteiger partial charge in [0.15, 0.2) is 0 Å². The third kappa shape index (κ3) is 4.44. The molecule has 2 atom stereocenters. The van der Waals surface area contributed by atoms with Crippen molar-refractivity contribution in [1.82, 2.24) is 5.32 Å². The zero-order valence-electron chi connectivity index (χ0n) is 13.0. The summed E-state index contributed by atoms with van der Waals surface area (Å²) >= 11 is 0. The van der Waals surface area contributed by atoms with Crippen molar-refractivity contribution in [2.45, 2.75) is 40.2 Å². The first-order valence-electron chi connectivity index (χ1n) is 7.23. The van der Waals surface area contributed by atoms with Crippen LogP contribution in [0.5, 0.6) is 0 Å². The van der Waals surface area contributed by atoms with Gasteiger partial charge in [0.05, 0.1) is 10.5 Å². The Labute approximate surface area is 125 Å². The molecule has 6 heteroatoms. The number of amides is 1. The van der Waals surface area contributed by atoms with Gasteiger partial charge < -0.3 is 10.6 Å². The van der Waals surface area contributed by atoms with Crippen molar-refractivity contribution in [3.8, 4) is 0 Å². The van der Waals surface area contributed by atoms with Crippen LogP contribution in [0.15, 0.2) is 18.2 Å². The van der Waals surface area contributed by atoms with Gasteiger partial charge in [-0.3, -0.25) is 14.9 Å². The Hall–Kier alpha value is -2.11. The lowest BCUT2D eigenvalue weighted by Gasteiger charge is -2.20. The van der Waals surface area contributed by atoms with Crippen molar-refractivity contribution in [1.29, 1.82) is 0 Å². The van der Waals surface area contributed by atoms with Gasteiger partial charge >= 0.3 is 0 Å². The van der Waals surface area contributed by atoms with E-state index in [2.05, 4.69) is 24.5 Å². The highest BCUT2D eigenvalue weighted by atomic mass is 16.6. The number of rotatable bonds is 7. The Balaban J connectivity index is 3.04. The van der Waals surface area contributed by atoms with Crippen LogP contribution in [0.3, 0.4) is 0 Å². The largest absolute Gasteiger partial charge is 0.385 e. The highest BCUT2D eigenvalue weighted by Crippen LogP contribution is 2.22. The maximum absolute atomic E-state index is 12.4. The van der Waals surface area contributed by atoms with Crippen LogP contribution < -0.4 is 10.6 Å². The summed E-state index contributed by atoms with van der Waals surface area (Å²) in [6.07, 6.45) is 0.955. The van der Waals surface area contributed by atoms with Gasteiger partial charge in [0, 0.05) is 30.4 Å². The van der Waals surface area contributed by atoms with Gasteiger partial charge in [-0.15, -0.1) is 0 Å². The topological polar surface area (TPSA) is 84.3 Å². The van der Waals surface area contributed by atoms with Crippen molar-refractivity contribution >= 4 is 17.3 Å². The number of non-ortho nitro benzene ring substituents is 1. The van der Waals surface area contributed by atoms with Crippen molar-refractivity contribution in [3.05, 3.63) is 33.9 Å². The monoisotopic (exact) mass is 293 g/mol. The van der Waals surface area contributed by atoms with Gasteiger partial charge in [0.25, 0.3) is 11.6 Å². The zero-order valence-corrected chi connectivity index (χ0v) is 13.0. The molecule has 2 unspecified atom stereocenters. The average molecular weight is 293 g/mol. The standard InChI is InChI=1S/C15H23N3O3/c1-5-10(3)11(4)17-15(19)13-9-12(18(20)21)7-8-14(13)16-6-2/h7-11,16H,5-6H2,1-4H3,(H,17,19). The van der Waals surface area contributed by atoms with Crippen LogP contribution in [0.4, 0.5) is 11.4 Å². The molecule has 0 aliphatic heterocycles. The number of carbonyl (C=O) groups excluding carboxylic acids is 1. The van der Waals surface area contributed by atoms with Gasteiger partial charge in [-0.25, -0.2) is 0 Å². The summed E-state index contributed by atoms with van der Waals surface area (Å²) in [5, 5.41) is 16.8. The molecule has 0 aliphatic rings. The van der Waals surface area contributed by atoms with Gasteiger partial charge in [-0.2, -0.15) is 0 Å². The maximum Gasteiger partial charge on any atom is 0.270 e. The normalized spacial score (nSPS) is 13.3. The number of hydrogen-bond donors (Lipinski definition) is 2. The predicted octanol–water partition coefficient (Wildman–Crippen LogP) is 3.19. The fourth-order valence-corrected chi connectivity index (χ4v) is 1.96. The van der Waals surface area contributed by atoms with E-state index in [1.807, 2.05) is 13.8 Å². The molecule has 0 saturated heterocycles. The number of nitrogens with zero attached hydrogens (tertiary/aromatic N) is 1. The second-order valence-corrected chi connectivity index (χ2v) is 5.16. The zero-order chi connectivity index (χ0) is 16.0. The van der Waals surface area contributed by atoms with E-state index in [1.54, 1.807) is 6.07 Å². The minimum absolute atomic E-state index is 0.0104. The number of nitro groups is 1. The first-order valence-corrected chi connectivity index (χ1v) is 7.23. The molecule has 2 N–H and O–H groups in total. The first-order chi connectivity index (χ1) is 9.90. The molecule has 1 aromatic carbocycles. The van der Waals surface area contributed by atoms with E-state index in [4.69, 9.17) is 0 Å². The van der Waals surface area contributed by atoms with E-state index in [9.17, 15) is 14.9 Å². The third-order valence-corrected chi connectivity index (χ3v) is 3.68. The molecule has 21 heavy (non-hydrogen) atoms. The lowest BCUT2D eigenvalue weighted by atomic mass is 10.0. The van der Waals surface area contributed by atoms with Crippen LogP contribution in [-0.2, 0) is 0 Å². The maximum atomic E-state index is 12.4. The van der Waals surface area contributed by atoms with Crippen LogP contribution in [0, 0.1) is 16.0 Å². The lowest BCUT2D eigenvalue weighted by molar-refractivity contribution is -0.384. The van der Waals surface area contributed by atoms with E-state index in [-0.39, 0.29) is 17.6 Å². The summed E-state index contributed by atoms with van der Waals surface area (Å²) in [6, 6.07) is 4.30. The molecule has 0 fully saturated rings. The number of benzene rings is 1. The Morgan fingerprint density at radius 2 is 2.00 bits per heavy atom. The molecule has 0 saturated carbocycles. The number of hydrogen-bond acceptors (Lipinski definition) is 4. The molecular formula is C15H23N3O3. The van der Waals surface area contributed by atoms with Crippen molar-refractivity contribution < 1.29 is 9.72 Å². The molecule has 116 valence electrons. The summed E-state index contributed by atoms with van der Waals surface area (Å²) in [7, 11) is 0. The second kappa shape index (κ2) is 7.61. The molecule has 6 nitrogen and oxygen atoms in total. The number of nitrogens with one attached hydrogen (secondary N) is 2. The van der Waals surface area contributed by atoms with E-state index in [0.29, 0.717) is 23.7 Å². The Kier molecular flexibility index (Phi) is 6.14. The van der Waals surface area contributed by atoms with Crippen LogP contribution in [-0.4, -0.2) is 23.4 Å². The fraction of sp³-hybridized carbons (Fsp3) is 0.533. The molecule has 0 spiro atoms. The quantitative estimate of drug-likeness (QED) is 0.597. The minimum atomic E-state index is -0.495. The Morgan fingerprint density at radius 3 is 2.52 bits per heavy atom. The van der Waals surface area contributed by atoms with Crippen molar-refractivity contribution in [2.75, 3.05) is 11.9 Å². The summed E-state index contributed by atoms with van der Waals surface area (Å²) in [5.74, 6) is 0.0534. The van der Waals surface area contributed by atoms with Gasteiger partial charge in [0.2, 0.25) is 0 Å². The molecule has 0 bridgehead atoms. The number of carbonyl (C=O) groups is 1. The second-order valence-electron chi connectivity index (χ2n) is 5.16. The molecule has 1 aromatic rings. The van der Waals surface area contributed by atoms with E-state index in [1.165, 1.54) is 12.1 Å². The van der Waals surface area contributed by atoms with E-state index in [0.717, 1.165) is 6.42 Å². The Morgan fingerprint density at radius 1 is 1.33 bits per heavy atom. The SMILES string of the molecule is CCNc1ccc([N+](=O)[O-])cc1C(=O)NC(C)C(C)CC. The molecular weight excluding hydrogens is 270 g/mol. The predicted molar refractivity (Wildman–Crippen MR) is 83.6 cm³/mol. The molecule has 0 radical (unpaired) electrons. The highest BCUT2D eigenvalue weighted by Gasteiger charge is 2.19. The van der Waals surface area contributed by atoms with Gasteiger partial charge in [0.1, 0.15) is 0 Å².